The second-order valence-electron chi connectivity index (χ2n) is 10.7. The van der Waals surface area contributed by atoms with Crippen LogP contribution in [0.5, 0.6) is 23.0 Å². The maximum absolute atomic E-state index is 14.1. The number of carbonyl (C=O) groups excluding carboxylic acids is 3. The Morgan fingerprint density at radius 1 is 0.818 bits per heavy atom. The topological polar surface area (TPSA) is 109 Å². The Kier molecular flexibility index (Phi) is 9.04. The zero-order valence-electron chi connectivity index (χ0n) is 25.4. The van der Waals surface area contributed by atoms with Gasteiger partial charge in [0.1, 0.15) is 6.61 Å². The molecule has 1 aliphatic heterocycles. The minimum absolute atomic E-state index is 0.0825. The van der Waals surface area contributed by atoms with Crippen LogP contribution in [0.25, 0.3) is 0 Å². The lowest BCUT2D eigenvalue weighted by Gasteiger charge is -2.37. The Balaban J connectivity index is 1.55. The van der Waals surface area contributed by atoms with Crippen LogP contribution in [-0.2, 0) is 25.7 Å². The SMILES string of the molecule is COc1ccc(C2CC(=O)C3=C(C2)NC(C)=C(C(=O)OCc2ccccc2)C3c2ccc(OC(C)=O)c(OC)c2)cc1OC. The molecule has 2 unspecified atom stereocenters. The molecule has 0 saturated carbocycles. The van der Waals surface area contributed by atoms with Gasteiger partial charge < -0.3 is 29.0 Å². The summed E-state index contributed by atoms with van der Waals surface area (Å²) in [4.78, 5) is 39.5. The van der Waals surface area contributed by atoms with E-state index >= 15 is 0 Å². The highest BCUT2D eigenvalue weighted by Crippen LogP contribution is 2.47. The Hall–Kier alpha value is -5.05. The highest BCUT2D eigenvalue weighted by Gasteiger charge is 2.42. The normalized spacial score (nSPS) is 17.8. The molecule has 5 rings (SSSR count). The summed E-state index contributed by atoms with van der Waals surface area (Å²) in [5, 5.41) is 3.38. The highest BCUT2D eigenvalue weighted by molar-refractivity contribution is 6.04. The van der Waals surface area contributed by atoms with Gasteiger partial charge in [-0.1, -0.05) is 42.5 Å². The van der Waals surface area contributed by atoms with Crippen LogP contribution in [0, 0.1) is 0 Å². The first-order chi connectivity index (χ1) is 21.2. The molecule has 9 heteroatoms. The third kappa shape index (κ3) is 6.17. The van der Waals surface area contributed by atoms with Crippen LogP contribution in [0.2, 0.25) is 0 Å². The summed E-state index contributed by atoms with van der Waals surface area (Å²) in [5.41, 5.74) is 4.60. The second kappa shape index (κ2) is 13.1. The van der Waals surface area contributed by atoms with E-state index < -0.39 is 17.9 Å². The smallest absolute Gasteiger partial charge is 0.337 e. The first-order valence-corrected chi connectivity index (χ1v) is 14.3. The number of benzene rings is 3. The average Bonchev–Trinajstić information content (AvgIpc) is 3.02. The molecule has 0 aromatic heterocycles. The summed E-state index contributed by atoms with van der Waals surface area (Å²) in [6.07, 6.45) is 0.778. The number of methoxy groups -OCH3 is 3. The lowest BCUT2D eigenvalue weighted by atomic mass is 9.71. The summed E-state index contributed by atoms with van der Waals surface area (Å²) < 4.78 is 27.5. The third-order valence-electron chi connectivity index (χ3n) is 7.91. The second-order valence-corrected chi connectivity index (χ2v) is 10.7. The fourth-order valence-electron chi connectivity index (χ4n) is 5.89. The zero-order valence-corrected chi connectivity index (χ0v) is 25.4. The van der Waals surface area contributed by atoms with E-state index in [0.717, 1.165) is 16.8 Å². The van der Waals surface area contributed by atoms with E-state index in [1.807, 2.05) is 55.5 Å². The van der Waals surface area contributed by atoms with Crippen molar-refractivity contribution >= 4 is 17.7 Å². The first kappa shape index (κ1) is 30.4. The van der Waals surface area contributed by atoms with Gasteiger partial charge in [0.05, 0.1) is 26.9 Å². The van der Waals surface area contributed by atoms with Gasteiger partial charge in [0.25, 0.3) is 0 Å². The van der Waals surface area contributed by atoms with E-state index in [1.165, 1.54) is 14.0 Å². The molecule has 0 bridgehead atoms. The average molecular weight is 598 g/mol. The Bertz CT molecular complexity index is 1660. The van der Waals surface area contributed by atoms with Gasteiger partial charge in [-0.15, -0.1) is 0 Å². The van der Waals surface area contributed by atoms with Crippen molar-refractivity contribution in [3.05, 3.63) is 106 Å². The molecule has 1 heterocycles. The lowest BCUT2D eigenvalue weighted by molar-refractivity contribution is -0.140. The molecule has 0 saturated heterocycles. The summed E-state index contributed by atoms with van der Waals surface area (Å²) in [6.45, 7) is 3.20. The molecule has 0 fully saturated rings. The van der Waals surface area contributed by atoms with Crippen molar-refractivity contribution in [2.75, 3.05) is 21.3 Å². The van der Waals surface area contributed by atoms with Gasteiger partial charge in [-0.3, -0.25) is 9.59 Å². The number of dihydropyridines is 1. The molecular formula is C35H35NO8. The Morgan fingerprint density at radius 2 is 1.45 bits per heavy atom. The number of carbonyl (C=O) groups is 3. The molecule has 3 aromatic rings. The van der Waals surface area contributed by atoms with E-state index in [1.54, 1.807) is 32.4 Å². The third-order valence-corrected chi connectivity index (χ3v) is 7.91. The largest absolute Gasteiger partial charge is 0.493 e. The quantitative estimate of drug-likeness (QED) is 0.244. The van der Waals surface area contributed by atoms with Crippen molar-refractivity contribution < 1.29 is 38.1 Å². The predicted molar refractivity (Wildman–Crippen MR) is 163 cm³/mol. The molecule has 44 heavy (non-hydrogen) atoms. The van der Waals surface area contributed by atoms with Crippen molar-refractivity contribution in [1.29, 1.82) is 0 Å². The maximum atomic E-state index is 14.1. The summed E-state index contributed by atoms with van der Waals surface area (Å²) in [7, 11) is 4.63. The van der Waals surface area contributed by atoms with Gasteiger partial charge in [-0.2, -0.15) is 0 Å². The summed E-state index contributed by atoms with van der Waals surface area (Å²) in [5.74, 6) is -0.219. The standard InChI is InChI=1S/C35H35NO8/c1-20-32(35(39)43-19-22-9-7-6-8-10-22)33(24-12-14-29(44-21(2)37)31(18-24)42-5)34-26(36-20)15-25(16-27(34)38)23-11-13-28(40-3)30(17-23)41-4/h6-14,17-18,25,33,36H,15-16,19H2,1-5H3. The van der Waals surface area contributed by atoms with Crippen molar-refractivity contribution in [2.45, 2.75) is 45.1 Å². The fourth-order valence-corrected chi connectivity index (χ4v) is 5.89. The van der Waals surface area contributed by atoms with Gasteiger partial charge in [0.15, 0.2) is 28.8 Å². The first-order valence-electron chi connectivity index (χ1n) is 14.3. The fraction of sp³-hybridized carbons (Fsp3) is 0.286. The molecule has 3 aromatic carbocycles. The van der Waals surface area contributed by atoms with Gasteiger partial charge in [-0.25, -0.2) is 4.79 Å². The predicted octanol–water partition coefficient (Wildman–Crippen LogP) is 5.74. The van der Waals surface area contributed by atoms with Crippen LogP contribution >= 0.6 is 0 Å². The van der Waals surface area contributed by atoms with E-state index in [2.05, 4.69) is 5.32 Å². The van der Waals surface area contributed by atoms with Crippen molar-refractivity contribution in [3.63, 3.8) is 0 Å². The number of rotatable bonds is 9. The minimum Gasteiger partial charge on any atom is -0.493 e. The van der Waals surface area contributed by atoms with Gasteiger partial charge in [0, 0.05) is 36.2 Å². The molecule has 2 aliphatic rings. The molecule has 0 spiro atoms. The number of Topliss-reactive ketones (excluding diaryl/α,β-unsaturated/α-hetero) is 1. The van der Waals surface area contributed by atoms with E-state index in [-0.39, 0.29) is 30.5 Å². The number of hydrogen-bond acceptors (Lipinski definition) is 9. The number of esters is 2. The molecule has 1 N–H and O–H groups in total. The summed E-state index contributed by atoms with van der Waals surface area (Å²) in [6, 6.07) is 20.1. The van der Waals surface area contributed by atoms with Crippen molar-refractivity contribution in [1.82, 2.24) is 5.32 Å². The van der Waals surface area contributed by atoms with E-state index in [9.17, 15) is 14.4 Å². The van der Waals surface area contributed by atoms with E-state index in [4.69, 9.17) is 23.7 Å². The molecule has 9 nitrogen and oxygen atoms in total. The number of hydrogen-bond donors (Lipinski definition) is 1. The van der Waals surface area contributed by atoms with Gasteiger partial charge in [-0.05, 0) is 60.2 Å². The van der Waals surface area contributed by atoms with Gasteiger partial charge >= 0.3 is 11.9 Å². The number of nitrogens with one attached hydrogen (secondary N) is 1. The Labute approximate surface area is 256 Å². The minimum atomic E-state index is -0.728. The van der Waals surface area contributed by atoms with Crippen molar-refractivity contribution in [3.8, 4) is 23.0 Å². The number of ketones is 1. The Morgan fingerprint density at radius 3 is 2.14 bits per heavy atom. The van der Waals surface area contributed by atoms with E-state index in [0.29, 0.717) is 46.1 Å². The lowest BCUT2D eigenvalue weighted by Crippen LogP contribution is -2.36. The molecule has 228 valence electrons. The van der Waals surface area contributed by atoms with Crippen LogP contribution in [0.1, 0.15) is 55.2 Å². The maximum Gasteiger partial charge on any atom is 0.337 e. The van der Waals surface area contributed by atoms with Crippen LogP contribution in [0.4, 0.5) is 0 Å². The number of ether oxygens (including phenoxy) is 5. The molecule has 2 atom stereocenters. The number of allylic oxidation sites excluding steroid dienone is 3. The molecule has 0 radical (unpaired) electrons. The monoisotopic (exact) mass is 597 g/mol. The van der Waals surface area contributed by atoms with Crippen LogP contribution in [-0.4, -0.2) is 39.1 Å². The van der Waals surface area contributed by atoms with Crippen LogP contribution < -0.4 is 24.3 Å². The molecular weight excluding hydrogens is 562 g/mol. The van der Waals surface area contributed by atoms with Crippen LogP contribution in [0.15, 0.2) is 89.3 Å². The van der Waals surface area contributed by atoms with Crippen LogP contribution in [0.3, 0.4) is 0 Å². The molecule has 1 aliphatic carbocycles. The highest BCUT2D eigenvalue weighted by atomic mass is 16.6. The summed E-state index contributed by atoms with van der Waals surface area (Å²) >= 11 is 0. The van der Waals surface area contributed by atoms with Gasteiger partial charge in [0.2, 0.25) is 0 Å². The zero-order chi connectivity index (χ0) is 31.4. The molecule has 0 amide bonds. The van der Waals surface area contributed by atoms with Crippen molar-refractivity contribution in [2.24, 2.45) is 0 Å².